The molecule has 0 heterocycles. The van der Waals surface area contributed by atoms with Crippen molar-refractivity contribution in [2.75, 3.05) is 6.54 Å². The Morgan fingerprint density at radius 3 is 2.40 bits per heavy atom. The van der Waals surface area contributed by atoms with Gasteiger partial charge in [0.15, 0.2) is 10.1 Å². The Bertz CT molecular complexity index is 325. The van der Waals surface area contributed by atoms with Crippen molar-refractivity contribution in [2.45, 2.75) is 17.2 Å². The van der Waals surface area contributed by atoms with E-state index in [0.717, 1.165) is 0 Å². The third-order valence-corrected chi connectivity index (χ3v) is 2.78. The van der Waals surface area contributed by atoms with E-state index in [1.807, 2.05) is 6.07 Å². The van der Waals surface area contributed by atoms with Crippen LogP contribution >= 0.6 is 23.2 Å². The average molecular weight is 246 g/mol. The molecule has 1 aromatic carbocycles. The van der Waals surface area contributed by atoms with Gasteiger partial charge in [0, 0.05) is 5.56 Å². The summed E-state index contributed by atoms with van der Waals surface area (Å²) >= 11 is 11.9. The first-order valence-corrected chi connectivity index (χ1v) is 5.51. The Kier molecular flexibility index (Phi) is 4.58. The number of ketones is 1. The summed E-state index contributed by atoms with van der Waals surface area (Å²) in [6.07, 6.45) is 1.01. The van der Waals surface area contributed by atoms with Gasteiger partial charge >= 0.3 is 0 Å². The number of carbonyl (C=O) groups is 1. The maximum Gasteiger partial charge on any atom is 0.198 e. The summed E-state index contributed by atoms with van der Waals surface area (Å²) in [5, 5.41) is 0. The number of rotatable bonds is 5. The predicted molar refractivity (Wildman–Crippen MR) is 63.5 cm³/mol. The molecule has 2 nitrogen and oxygen atoms in total. The molecule has 0 unspecified atom stereocenters. The maximum absolute atomic E-state index is 11.9. The van der Waals surface area contributed by atoms with Crippen LogP contribution in [-0.4, -0.2) is 16.7 Å². The van der Waals surface area contributed by atoms with Crippen LogP contribution < -0.4 is 5.73 Å². The Morgan fingerprint density at radius 2 is 1.87 bits per heavy atom. The minimum atomic E-state index is -1.36. The highest BCUT2D eigenvalue weighted by atomic mass is 35.5. The summed E-state index contributed by atoms with van der Waals surface area (Å²) in [6, 6.07) is 8.79. The molecule has 82 valence electrons. The number of benzene rings is 1. The second-order valence-electron chi connectivity index (χ2n) is 3.29. The molecule has 0 aromatic heterocycles. The number of alkyl halides is 2. The second kappa shape index (κ2) is 5.50. The minimum absolute atomic E-state index is 0.264. The van der Waals surface area contributed by atoms with Crippen LogP contribution in [-0.2, 0) is 0 Å². The molecular formula is C11H13Cl2NO. The number of halogens is 2. The van der Waals surface area contributed by atoms with E-state index in [1.165, 1.54) is 0 Å². The first-order valence-electron chi connectivity index (χ1n) is 4.75. The van der Waals surface area contributed by atoms with Gasteiger partial charge in [-0.1, -0.05) is 53.5 Å². The molecule has 0 saturated carbocycles. The summed E-state index contributed by atoms with van der Waals surface area (Å²) in [5.74, 6) is -0.264. The zero-order valence-corrected chi connectivity index (χ0v) is 9.76. The topological polar surface area (TPSA) is 43.1 Å². The minimum Gasteiger partial charge on any atom is -0.330 e. The lowest BCUT2D eigenvalue weighted by atomic mass is 10.0. The monoisotopic (exact) mass is 245 g/mol. The lowest BCUT2D eigenvalue weighted by molar-refractivity contribution is 0.0968. The molecule has 0 fully saturated rings. The Morgan fingerprint density at radius 1 is 1.27 bits per heavy atom. The van der Waals surface area contributed by atoms with Crippen molar-refractivity contribution in [1.82, 2.24) is 0 Å². The largest absolute Gasteiger partial charge is 0.330 e. The third-order valence-electron chi connectivity index (χ3n) is 2.06. The van der Waals surface area contributed by atoms with Gasteiger partial charge in [0.1, 0.15) is 0 Å². The SMILES string of the molecule is NCCCC(Cl)(Cl)C(=O)c1ccccc1. The summed E-state index contributed by atoms with van der Waals surface area (Å²) < 4.78 is -1.36. The van der Waals surface area contributed by atoms with Gasteiger partial charge in [-0.2, -0.15) is 0 Å². The molecule has 0 radical (unpaired) electrons. The van der Waals surface area contributed by atoms with E-state index in [0.29, 0.717) is 24.9 Å². The summed E-state index contributed by atoms with van der Waals surface area (Å²) in [4.78, 5) is 11.9. The van der Waals surface area contributed by atoms with Crippen LogP contribution in [0.1, 0.15) is 23.2 Å². The molecule has 0 aliphatic rings. The van der Waals surface area contributed by atoms with Crippen molar-refractivity contribution >= 4 is 29.0 Å². The lowest BCUT2D eigenvalue weighted by Crippen LogP contribution is -2.27. The molecular weight excluding hydrogens is 233 g/mol. The van der Waals surface area contributed by atoms with Crippen LogP contribution in [0.15, 0.2) is 30.3 Å². The van der Waals surface area contributed by atoms with Crippen molar-refractivity contribution in [3.8, 4) is 0 Å². The quantitative estimate of drug-likeness (QED) is 0.641. The van der Waals surface area contributed by atoms with Crippen molar-refractivity contribution in [2.24, 2.45) is 5.73 Å². The molecule has 2 N–H and O–H groups in total. The molecule has 0 amide bonds. The fourth-order valence-electron chi connectivity index (χ4n) is 1.24. The number of carbonyl (C=O) groups excluding carboxylic acids is 1. The van der Waals surface area contributed by atoms with Gasteiger partial charge < -0.3 is 5.73 Å². The first-order chi connectivity index (χ1) is 7.08. The first kappa shape index (κ1) is 12.5. The van der Waals surface area contributed by atoms with Crippen molar-refractivity contribution < 1.29 is 4.79 Å². The van der Waals surface area contributed by atoms with E-state index in [-0.39, 0.29) is 5.78 Å². The summed E-state index contributed by atoms with van der Waals surface area (Å²) in [6.45, 7) is 0.475. The van der Waals surface area contributed by atoms with E-state index >= 15 is 0 Å². The van der Waals surface area contributed by atoms with Crippen LogP contribution in [0, 0.1) is 0 Å². The average Bonchev–Trinajstić information content (AvgIpc) is 2.26. The molecule has 0 aliphatic carbocycles. The van der Waals surface area contributed by atoms with Gasteiger partial charge in [-0.25, -0.2) is 0 Å². The molecule has 15 heavy (non-hydrogen) atoms. The predicted octanol–water partition coefficient (Wildman–Crippen LogP) is 2.78. The Hall–Kier alpha value is -0.570. The van der Waals surface area contributed by atoms with E-state index in [4.69, 9.17) is 28.9 Å². The highest BCUT2D eigenvalue weighted by Gasteiger charge is 2.33. The van der Waals surface area contributed by atoms with Crippen molar-refractivity contribution in [3.63, 3.8) is 0 Å². The molecule has 0 atom stereocenters. The van der Waals surface area contributed by atoms with Gasteiger partial charge in [-0.3, -0.25) is 4.79 Å². The molecule has 0 saturated heterocycles. The smallest absolute Gasteiger partial charge is 0.198 e. The van der Waals surface area contributed by atoms with E-state index in [1.54, 1.807) is 24.3 Å². The summed E-state index contributed by atoms with van der Waals surface area (Å²) in [5.41, 5.74) is 5.87. The fourth-order valence-corrected chi connectivity index (χ4v) is 1.72. The normalized spacial score (nSPS) is 11.4. The fraction of sp³-hybridized carbons (Fsp3) is 0.364. The van der Waals surface area contributed by atoms with Crippen molar-refractivity contribution in [3.05, 3.63) is 35.9 Å². The highest BCUT2D eigenvalue weighted by molar-refractivity contribution is 6.59. The molecule has 0 bridgehead atoms. The zero-order valence-electron chi connectivity index (χ0n) is 8.25. The van der Waals surface area contributed by atoms with Gasteiger partial charge in [0.25, 0.3) is 0 Å². The number of Topliss-reactive ketones (excluding diaryl/α,β-unsaturated/α-hetero) is 1. The Labute approximate surface area is 99.4 Å². The molecule has 0 spiro atoms. The second-order valence-corrected chi connectivity index (χ2v) is 4.78. The van der Waals surface area contributed by atoms with E-state index < -0.39 is 4.33 Å². The summed E-state index contributed by atoms with van der Waals surface area (Å²) in [7, 11) is 0. The third kappa shape index (κ3) is 3.49. The maximum atomic E-state index is 11.9. The van der Waals surface area contributed by atoms with E-state index in [2.05, 4.69) is 0 Å². The molecule has 4 heteroatoms. The standard InChI is InChI=1S/C11H13Cl2NO/c12-11(13,7-4-8-14)10(15)9-5-2-1-3-6-9/h1-3,5-6H,4,7-8,14H2. The number of hydrogen-bond acceptors (Lipinski definition) is 2. The lowest BCUT2D eigenvalue weighted by Gasteiger charge is -2.17. The molecule has 1 rings (SSSR count). The highest BCUT2D eigenvalue weighted by Crippen LogP contribution is 2.30. The number of hydrogen-bond donors (Lipinski definition) is 1. The van der Waals surface area contributed by atoms with Gasteiger partial charge in [-0.15, -0.1) is 0 Å². The van der Waals surface area contributed by atoms with Crippen LogP contribution in [0.25, 0.3) is 0 Å². The van der Waals surface area contributed by atoms with E-state index in [9.17, 15) is 4.79 Å². The van der Waals surface area contributed by atoms with Crippen LogP contribution in [0.2, 0.25) is 0 Å². The zero-order chi connectivity index (χ0) is 11.3. The van der Waals surface area contributed by atoms with Crippen molar-refractivity contribution in [1.29, 1.82) is 0 Å². The van der Waals surface area contributed by atoms with Crippen LogP contribution in [0.4, 0.5) is 0 Å². The molecule has 0 aliphatic heterocycles. The number of nitrogens with two attached hydrogens (primary N) is 1. The molecule has 1 aromatic rings. The van der Waals surface area contributed by atoms with Gasteiger partial charge in [0.2, 0.25) is 0 Å². The van der Waals surface area contributed by atoms with Gasteiger partial charge in [-0.05, 0) is 19.4 Å². The van der Waals surface area contributed by atoms with Crippen LogP contribution in [0.5, 0.6) is 0 Å². The van der Waals surface area contributed by atoms with Crippen LogP contribution in [0.3, 0.4) is 0 Å². The van der Waals surface area contributed by atoms with Gasteiger partial charge in [0.05, 0.1) is 0 Å². The Balaban J connectivity index is 2.75.